The molecule has 0 aliphatic rings. The molecule has 2 aromatic rings. The van der Waals surface area contributed by atoms with Gasteiger partial charge < -0.3 is 14.4 Å². The zero-order valence-electron chi connectivity index (χ0n) is 16.4. The Hall–Kier alpha value is -3.29. The summed E-state index contributed by atoms with van der Waals surface area (Å²) in [5.41, 5.74) is 1.94. The summed E-state index contributed by atoms with van der Waals surface area (Å²) in [6.07, 6.45) is 1.50. The van der Waals surface area contributed by atoms with Crippen LogP contribution < -0.4 is 9.47 Å². The molecule has 0 atom stereocenters. The Morgan fingerprint density at radius 2 is 1.86 bits per heavy atom. The summed E-state index contributed by atoms with van der Waals surface area (Å²) >= 11 is 3.46. The van der Waals surface area contributed by atoms with Crippen LogP contribution in [0.5, 0.6) is 11.5 Å². The largest absolute Gasteiger partial charge is 0.490 e. The van der Waals surface area contributed by atoms with E-state index in [0.717, 1.165) is 5.56 Å². The van der Waals surface area contributed by atoms with Crippen molar-refractivity contribution in [2.45, 2.75) is 13.5 Å². The molecule has 0 heterocycles. The van der Waals surface area contributed by atoms with Gasteiger partial charge in [-0.3, -0.25) is 4.79 Å². The van der Waals surface area contributed by atoms with Crippen molar-refractivity contribution in [1.29, 1.82) is 10.5 Å². The van der Waals surface area contributed by atoms with Gasteiger partial charge in [-0.05, 0) is 36.8 Å². The third-order valence-corrected chi connectivity index (χ3v) is 4.63. The van der Waals surface area contributed by atoms with Gasteiger partial charge in [0.1, 0.15) is 18.2 Å². The Morgan fingerprint density at radius 1 is 1.17 bits per heavy atom. The lowest BCUT2D eigenvalue weighted by atomic mass is 10.1. The number of likely N-dealkylation sites (N-methyl/N-ethyl adjacent to an activating group) is 1. The number of rotatable bonds is 7. The van der Waals surface area contributed by atoms with Gasteiger partial charge in [0.25, 0.3) is 5.91 Å². The molecule has 0 spiro atoms. The summed E-state index contributed by atoms with van der Waals surface area (Å²) in [4.78, 5) is 13.5. The van der Waals surface area contributed by atoms with E-state index in [1.54, 1.807) is 38.4 Å². The zero-order valence-corrected chi connectivity index (χ0v) is 18.0. The van der Waals surface area contributed by atoms with Crippen LogP contribution >= 0.6 is 15.9 Å². The number of ether oxygens (including phenoxy) is 2. The molecule has 7 heteroatoms. The average molecular weight is 454 g/mol. The second-order valence-corrected chi connectivity index (χ2v) is 7.03. The SMILES string of the molecule is CCOc1cc(/C=C(/C#N)C(=O)N(C)C)c(Br)cc1OCc1ccccc1C#N. The first kappa shape index (κ1) is 22.0. The monoisotopic (exact) mass is 453 g/mol. The number of amides is 1. The summed E-state index contributed by atoms with van der Waals surface area (Å²) < 4.78 is 12.2. The molecule has 2 rings (SSSR count). The van der Waals surface area contributed by atoms with Crippen LogP contribution in [0.2, 0.25) is 0 Å². The molecule has 0 saturated carbocycles. The van der Waals surface area contributed by atoms with E-state index in [1.807, 2.05) is 25.1 Å². The number of nitrogens with zero attached hydrogens (tertiary/aromatic N) is 3. The lowest BCUT2D eigenvalue weighted by Gasteiger charge is -2.15. The van der Waals surface area contributed by atoms with Crippen LogP contribution in [0.15, 0.2) is 46.4 Å². The maximum Gasteiger partial charge on any atom is 0.264 e. The molecule has 0 aromatic heterocycles. The molecule has 0 N–H and O–H groups in total. The summed E-state index contributed by atoms with van der Waals surface area (Å²) in [5.74, 6) is 0.581. The topological polar surface area (TPSA) is 86.3 Å². The van der Waals surface area contributed by atoms with Crippen LogP contribution in [-0.2, 0) is 11.4 Å². The molecular formula is C22H20BrN3O3. The van der Waals surface area contributed by atoms with Gasteiger partial charge in [0.05, 0.1) is 18.2 Å². The molecule has 0 aliphatic carbocycles. The van der Waals surface area contributed by atoms with Crippen molar-refractivity contribution >= 4 is 27.9 Å². The number of halogens is 1. The maximum absolute atomic E-state index is 12.1. The normalized spacial score (nSPS) is 10.6. The van der Waals surface area contributed by atoms with Gasteiger partial charge in [0.15, 0.2) is 11.5 Å². The number of carbonyl (C=O) groups excluding carboxylic acids is 1. The van der Waals surface area contributed by atoms with Crippen LogP contribution in [0.1, 0.15) is 23.6 Å². The predicted molar refractivity (Wildman–Crippen MR) is 113 cm³/mol. The fourth-order valence-corrected chi connectivity index (χ4v) is 2.93. The molecular weight excluding hydrogens is 434 g/mol. The summed E-state index contributed by atoms with van der Waals surface area (Å²) in [6.45, 7) is 2.47. The molecule has 0 aliphatic heterocycles. The van der Waals surface area contributed by atoms with E-state index in [2.05, 4.69) is 22.0 Å². The first-order valence-electron chi connectivity index (χ1n) is 8.81. The Balaban J connectivity index is 2.38. The van der Waals surface area contributed by atoms with Crippen LogP contribution in [-0.4, -0.2) is 31.5 Å². The number of benzene rings is 2. The molecule has 0 bridgehead atoms. The molecule has 2 aromatic carbocycles. The minimum absolute atomic E-state index is 0.00904. The number of carbonyl (C=O) groups is 1. The third kappa shape index (κ3) is 5.60. The second kappa shape index (κ2) is 10.3. The van der Waals surface area contributed by atoms with Crippen molar-refractivity contribution in [3.05, 3.63) is 63.1 Å². The highest BCUT2D eigenvalue weighted by Crippen LogP contribution is 2.35. The molecule has 0 unspecified atom stereocenters. The van der Waals surface area contributed by atoms with Crippen molar-refractivity contribution in [1.82, 2.24) is 4.90 Å². The lowest BCUT2D eigenvalue weighted by molar-refractivity contribution is -0.124. The summed E-state index contributed by atoms with van der Waals surface area (Å²) in [7, 11) is 3.17. The van der Waals surface area contributed by atoms with Crippen LogP contribution in [0, 0.1) is 22.7 Å². The summed E-state index contributed by atoms with van der Waals surface area (Å²) in [6, 6.07) is 14.7. The quantitative estimate of drug-likeness (QED) is 0.460. The lowest BCUT2D eigenvalue weighted by Crippen LogP contribution is -2.22. The van der Waals surface area contributed by atoms with Gasteiger partial charge in [0, 0.05) is 24.1 Å². The van der Waals surface area contributed by atoms with Gasteiger partial charge in [-0.2, -0.15) is 10.5 Å². The first-order chi connectivity index (χ1) is 13.9. The highest BCUT2D eigenvalue weighted by Gasteiger charge is 2.15. The first-order valence-corrected chi connectivity index (χ1v) is 9.61. The van der Waals surface area contributed by atoms with E-state index >= 15 is 0 Å². The van der Waals surface area contributed by atoms with E-state index in [9.17, 15) is 15.3 Å². The van der Waals surface area contributed by atoms with Crippen LogP contribution in [0.25, 0.3) is 6.08 Å². The highest BCUT2D eigenvalue weighted by molar-refractivity contribution is 9.10. The predicted octanol–water partition coefficient (Wildman–Crippen LogP) is 4.29. The Labute approximate surface area is 178 Å². The van der Waals surface area contributed by atoms with E-state index in [4.69, 9.17) is 9.47 Å². The van der Waals surface area contributed by atoms with Gasteiger partial charge in [0.2, 0.25) is 0 Å². The molecule has 1 amide bonds. The maximum atomic E-state index is 12.1. The van der Waals surface area contributed by atoms with Crippen molar-refractivity contribution in [2.24, 2.45) is 0 Å². The van der Waals surface area contributed by atoms with E-state index in [1.165, 1.54) is 11.0 Å². The standard InChI is InChI=1S/C22H20BrN3O3/c1-4-28-20-10-17(9-18(13-25)22(27)26(2)3)19(23)11-21(20)29-14-16-8-6-5-7-15(16)12-24/h5-11H,4,14H2,1-3H3/b18-9-. The Bertz CT molecular complexity index is 1020. The zero-order chi connectivity index (χ0) is 21.4. The van der Waals surface area contributed by atoms with Gasteiger partial charge in [-0.25, -0.2) is 0 Å². The minimum atomic E-state index is -0.384. The van der Waals surface area contributed by atoms with Crippen molar-refractivity contribution in [3.63, 3.8) is 0 Å². The Morgan fingerprint density at radius 3 is 2.48 bits per heavy atom. The van der Waals surface area contributed by atoms with Crippen molar-refractivity contribution in [3.8, 4) is 23.6 Å². The molecule has 0 fully saturated rings. The Kier molecular flexibility index (Phi) is 7.82. The number of nitriles is 2. The molecule has 29 heavy (non-hydrogen) atoms. The van der Waals surface area contributed by atoms with Crippen molar-refractivity contribution in [2.75, 3.05) is 20.7 Å². The molecule has 148 valence electrons. The summed E-state index contributed by atoms with van der Waals surface area (Å²) in [5, 5.41) is 18.5. The van der Waals surface area contributed by atoms with Crippen LogP contribution in [0.4, 0.5) is 0 Å². The molecule has 0 saturated heterocycles. The minimum Gasteiger partial charge on any atom is -0.490 e. The number of hydrogen-bond donors (Lipinski definition) is 0. The van der Waals surface area contributed by atoms with Crippen molar-refractivity contribution < 1.29 is 14.3 Å². The van der Waals surface area contributed by atoms with E-state index < -0.39 is 0 Å². The smallest absolute Gasteiger partial charge is 0.264 e. The van der Waals surface area contributed by atoms with E-state index in [-0.39, 0.29) is 18.1 Å². The van der Waals surface area contributed by atoms with E-state index in [0.29, 0.717) is 33.7 Å². The van der Waals surface area contributed by atoms with Gasteiger partial charge in [-0.15, -0.1) is 0 Å². The highest BCUT2D eigenvalue weighted by atomic mass is 79.9. The molecule has 6 nitrogen and oxygen atoms in total. The fraction of sp³-hybridized carbons (Fsp3) is 0.227. The van der Waals surface area contributed by atoms with Crippen LogP contribution in [0.3, 0.4) is 0 Å². The third-order valence-electron chi connectivity index (χ3n) is 3.94. The second-order valence-electron chi connectivity index (χ2n) is 6.18. The number of hydrogen-bond acceptors (Lipinski definition) is 5. The van der Waals surface area contributed by atoms with Gasteiger partial charge >= 0.3 is 0 Å². The fourth-order valence-electron chi connectivity index (χ4n) is 2.49. The molecule has 0 radical (unpaired) electrons. The van der Waals surface area contributed by atoms with Gasteiger partial charge in [-0.1, -0.05) is 34.1 Å². The average Bonchev–Trinajstić information content (AvgIpc) is 2.72.